The molecule has 1 aliphatic rings. The molecule has 0 aliphatic carbocycles. The van der Waals surface area contributed by atoms with Crippen molar-refractivity contribution in [2.45, 2.75) is 32.2 Å². The number of likely N-dealkylation sites (N-methyl/N-ethyl adjacent to an activating group) is 2. The Hall–Kier alpha value is -1.07. The predicted octanol–water partition coefficient (Wildman–Crippen LogP) is 2.48. The average Bonchev–Trinajstić information content (AvgIpc) is 2.83. The second-order valence-electron chi connectivity index (χ2n) is 5.45. The number of likely N-dealkylation sites (tertiary alicyclic amines) is 1. The van der Waals surface area contributed by atoms with Crippen molar-refractivity contribution in [3.63, 3.8) is 0 Å². The molecule has 0 spiro atoms. The number of anilines is 2. The normalized spacial score (nSPS) is 19.3. The maximum absolute atomic E-state index is 6.24. The molecule has 1 aliphatic heterocycles. The van der Waals surface area contributed by atoms with Gasteiger partial charge < -0.3 is 15.1 Å². The van der Waals surface area contributed by atoms with Crippen molar-refractivity contribution < 1.29 is 0 Å². The zero-order valence-electron chi connectivity index (χ0n) is 12.6. The summed E-state index contributed by atoms with van der Waals surface area (Å²) in [5.74, 6) is 1.46. The van der Waals surface area contributed by atoms with Gasteiger partial charge in [0, 0.05) is 26.2 Å². The SMILES string of the molecule is CCCNc1ncc(Cl)c(N(C)CC2CCCN2C)n1. The number of rotatable bonds is 6. The third kappa shape index (κ3) is 3.73. The van der Waals surface area contributed by atoms with Gasteiger partial charge in [-0.15, -0.1) is 0 Å². The fourth-order valence-electron chi connectivity index (χ4n) is 2.56. The molecule has 1 aromatic heterocycles. The maximum Gasteiger partial charge on any atom is 0.224 e. The van der Waals surface area contributed by atoms with Gasteiger partial charge >= 0.3 is 0 Å². The van der Waals surface area contributed by atoms with Crippen LogP contribution in [-0.4, -0.2) is 54.6 Å². The zero-order chi connectivity index (χ0) is 14.5. The summed E-state index contributed by atoms with van der Waals surface area (Å²) in [6.45, 7) is 5.11. The minimum Gasteiger partial charge on any atom is -0.357 e. The van der Waals surface area contributed by atoms with E-state index in [1.807, 2.05) is 7.05 Å². The number of nitrogens with zero attached hydrogens (tertiary/aromatic N) is 4. The first-order valence-electron chi connectivity index (χ1n) is 7.29. The summed E-state index contributed by atoms with van der Waals surface area (Å²) in [5, 5.41) is 3.81. The molecule has 1 unspecified atom stereocenters. The fourth-order valence-corrected chi connectivity index (χ4v) is 2.80. The van der Waals surface area contributed by atoms with E-state index in [-0.39, 0.29) is 0 Å². The standard InChI is InChI=1S/C14H24ClN5/c1-4-7-16-14-17-9-12(15)13(18-14)20(3)10-11-6-5-8-19(11)2/h9,11H,4-8,10H2,1-3H3,(H,16,17,18). The molecular formula is C14H24ClN5. The molecule has 1 N–H and O–H groups in total. The molecule has 1 atom stereocenters. The number of hydrogen-bond donors (Lipinski definition) is 1. The smallest absolute Gasteiger partial charge is 0.224 e. The first-order valence-corrected chi connectivity index (χ1v) is 7.67. The molecule has 0 aromatic carbocycles. The van der Waals surface area contributed by atoms with Gasteiger partial charge in [0.1, 0.15) is 5.02 Å². The minimum absolute atomic E-state index is 0.582. The molecule has 0 radical (unpaired) electrons. The van der Waals surface area contributed by atoms with Crippen LogP contribution in [0.2, 0.25) is 5.02 Å². The Morgan fingerprint density at radius 3 is 3.00 bits per heavy atom. The molecule has 0 saturated carbocycles. The topological polar surface area (TPSA) is 44.3 Å². The zero-order valence-corrected chi connectivity index (χ0v) is 13.3. The van der Waals surface area contributed by atoms with Crippen LogP contribution in [0, 0.1) is 0 Å². The van der Waals surface area contributed by atoms with Gasteiger partial charge in [0.05, 0.1) is 6.20 Å². The third-order valence-electron chi connectivity index (χ3n) is 3.78. The largest absolute Gasteiger partial charge is 0.357 e. The Balaban J connectivity index is 2.05. The van der Waals surface area contributed by atoms with Gasteiger partial charge in [-0.1, -0.05) is 18.5 Å². The van der Waals surface area contributed by atoms with E-state index in [0.29, 0.717) is 17.0 Å². The van der Waals surface area contributed by atoms with Crippen molar-refractivity contribution in [3.8, 4) is 0 Å². The Bertz CT molecular complexity index is 440. The molecule has 0 bridgehead atoms. The van der Waals surface area contributed by atoms with Crippen molar-refractivity contribution >= 4 is 23.4 Å². The summed E-state index contributed by atoms with van der Waals surface area (Å²) in [6.07, 6.45) is 5.24. The molecule has 2 rings (SSSR count). The Morgan fingerprint density at radius 2 is 2.35 bits per heavy atom. The number of nitrogens with one attached hydrogen (secondary N) is 1. The van der Waals surface area contributed by atoms with Crippen LogP contribution < -0.4 is 10.2 Å². The van der Waals surface area contributed by atoms with Gasteiger partial charge in [-0.3, -0.25) is 0 Å². The highest BCUT2D eigenvalue weighted by molar-refractivity contribution is 6.32. The van der Waals surface area contributed by atoms with E-state index in [4.69, 9.17) is 11.6 Å². The van der Waals surface area contributed by atoms with Crippen LogP contribution in [0.25, 0.3) is 0 Å². The van der Waals surface area contributed by atoms with Gasteiger partial charge in [0.15, 0.2) is 5.82 Å². The fraction of sp³-hybridized carbons (Fsp3) is 0.714. The van der Waals surface area contributed by atoms with Crippen LogP contribution >= 0.6 is 11.6 Å². The first-order chi connectivity index (χ1) is 9.61. The number of halogens is 1. The first kappa shape index (κ1) is 15.3. The van der Waals surface area contributed by atoms with E-state index in [1.165, 1.54) is 19.4 Å². The van der Waals surface area contributed by atoms with Gasteiger partial charge in [-0.2, -0.15) is 4.98 Å². The highest BCUT2D eigenvalue weighted by atomic mass is 35.5. The van der Waals surface area contributed by atoms with Crippen molar-refractivity contribution in [1.82, 2.24) is 14.9 Å². The van der Waals surface area contributed by atoms with Gasteiger partial charge in [0.25, 0.3) is 0 Å². The Labute approximate surface area is 126 Å². The van der Waals surface area contributed by atoms with E-state index < -0.39 is 0 Å². The second kappa shape index (κ2) is 7.09. The quantitative estimate of drug-likeness (QED) is 0.874. The third-order valence-corrected chi connectivity index (χ3v) is 4.04. The Kier molecular flexibility index (Phi) is 5.43. The van der Waals surface area contributed by atoms with Crippen LogP contribution in [0.5, 0.6) is 0 Å². The van der Waals surface area contributed by atoms with E-state index in [0.717, 1.165) is 25.3 Å². The maximum atomic E-state index is 6.24. The van der Waals surface area contributed by atoms with Crippen LogP contribution in [0.1, 0.15) is 26.2 Å². The molecular weight excluding hydrogens is 274 g/mol. The minimum atomic E-state index is 0.582. The molecule has 1 fully saturated rings. The van der Waals surface area contributed by atoms with Gasteiger partial charge in [-0.25, -0.2) is 4.98 Å². The van der Waals surface area contributed by atoms with Gasteiger partial charge in [-0.05, 0) is 32.9 Å². The van der Waals surface area contributed by atoms with Crippen LogP contribution in [0.15, 0.2) is 6.20 Å². The average molecular weight is 298 g/mol. The van der Waals surface area contributed by atoms with Crippen molar-refractivity contribution in [3.05, 3.63) is 11.2 Å². The molecule has 1 aromatic rings. The van der Waals surface area contributed by atoms with Crippen LogP contribution in [0.4, 0.5) is 11.8 Å². The number of hydrogen-bond acceptors (Lipinski definition) is 5. The highest BCUT2D eigenvalue weighted by Crippen LogP contribution is 2.25. The van der Waals surface area contributed by atoms with E-state index >= 15 is 0 Å². The summed E-state index contributed by atoms with van der Waals surface area (Å²) < 4.78 is 0. The molecule has 6 heteroatoms. The van der Waals surface area contributed by atoms with Crippen molar-refractivity contribution in [2.24, 2.45) is 0 Å². The lowest BCUT2D eigenvalue weighted by Gasteiger charge is -2.27. The summed E-state index contributed by atoms with van der Waals surface area (Å²) in [7, 11) is 4.23. The van der Waals surface area contributed by atoms with E-state index in [1.54, 1.807) is 6.20 Å². The Morgan fingerprint density at radius 1 is 1.55 bits per heavy atom. The van der Waals surface area contributed by atoms with Crippen molar-refractivity contribution in [2.75, 3.05) is 43.9 Å². The van der Waals surface area contributed by atoms with Crippen LogP contribution in [0.3, 0.4) is 0 Å². The molecule has 1 saturated heterocycles. The predicted molar refractivity (Wildman–Crippen MR) is 84.7 cm³/mol. The summed E-state index contributed by atoms with van der Waals surface area (Å²) >= 11 is 6.24. The van der Waals surface area contributed by atoms with Gasteiger partial charge in [0.2, 0.25) is 5.95 Å². The monoisotopic (exact) mass is 297 g/mol. The molecule has 20 heavy (non-hydrogen) atoms. The second-order valence-corrected chi connectivity index (χ2v) is 5.86. The summed E-state index contributed by atoms with van der Waals surface area (Å²) in [5.41, 5.74) is 0. The van der Waals surface area contributed by atoms with Crippen molar-refractivity contribution in [1.29, 1.82) is 0 Å². The molecule has 112 valence electrons. The van der Waals surface area contributed by atoms with Crippen LogP contribution in [-0.2, 0) is 0 Å². The lowest BCUT2D eigenvalue weighted by Crippen LogP contribution is -2.37. The highest BCUT2D eigenvalue weighted by Gasteiger charge is 2.23. The summed E-state index contributed by atoms with van der Waals surface area (Å²) in [4.78, 5) is 13.3. The van der Waals surface area contributed by atoms with E-state index in [2.05, 4.69) is 39.1 Å². The van der Waals surface area contributed by atoms with E-state index in [9.17, 15) is 0 Å². The molecule has 0 amide bonds. The molecule has 2 heterocycles. The lowest BCUT2D eigenvalue weighted by molar-refractivity contribution is 0.314. The lowest BCUT2D eigenvalue weighted by atomic mass is 10.2. The summed E-state index contributed by atoms with van der Waals surface area (Å²) in [6, 6.07) is 0.582. The number of aromatic nitrogens is 2. The molecule has 5 nitrogen and oxygen atoms in total.